The third kappa shape index (κ3) is 2.94. The fraction of sp³-hybridized carbons (Fsp3) is 0.263. The van der Waals surface area contributed by atoms with Crippen molar-refractivity contribution in [3.05, 3.63) is 47.1 Å². The minimum atomic E-state index is -0.498. The van der Waals surface area contributed by atoms with E-state index in [9.17, 15) is 9.59 Å². The van der Waals surface area contributed by atoms with Crippen LogP contribution in [0.2, 0.25) is 0 Å². The van der Waals surface area contributed by atoms with E-state index >= 15 is 0 Å². The number of amides is 2. The number of likely N-dealkylation sites (tertiary alicyclic amines) is 1. The molecular formula is C19H18N4O2S. The maximum atomic E-state index is 12.7. The quantitative estimate of drug-likeness (QED) is 0.772. The van der Waals surface area contributed by atoms with Gasteiger partial charge in [0, 0.05) is 23.9 Å². The lowest BCUT2D eigenvalue weighted by Gasteiger charge is -2.22. The molecule has 0 saturated carbocycles. The molecule has 0 radical (unpaired) electrons. The van der Waals surface area contributed by atoms with E-state index in [1.807, 2.05) is 31.3 Å². The van der Waals surface area contributed by atoms with E-state index in [2.05, 4.69) is 9.97 Å². The zero-order chi connectivity index (χ0) is 18.3. The normalized spacial score (nSPS) is 17.0. The standard InChI is InChI=1S/C19H18N4O2S/c1-11-22-15-9-14(10-21-18(15)26-11)12-4-6-13(7-5-12)19(25)23-8-2-3-16(23)17(20)24/h4-7,9-10,16H,2-3,8H2,1H3,(H2,20,24)/t16-/m0/s1. The maximum absolute atomic E-state index is 12.7. The number of carbonyl (C=O) groups is 2. The zero-order valence-electron chi connectivity index (χ0n) is 14.3. The molecule has 1 saturated heterocycles. The number of aromatic nitrogens is 2. The molecule has 2 aromatic heterocycles. The van der Waals surface area contributed by atoms with Crippen molar-refractivity contribution in [2.24, 2.45) is 5.73 Å². The van der Waals surface area contributed by atoms with Crippen LogP contribution in [0.25, 0.3) is 21.5 Å². The van der Waals surface area contributed by atoms with Crippen molar-refractivity contribution in [2.75, 3.05) is 6.54 Å². The predicted octanol–water partition coefficient (Wildman–Crippen LogP) is 2.76. The van der Waals surface area contributed by atoms with Gasteiger partial charge in [-0.3, -0.25) is 9.59 Å². The molecular weight excluding hydrogens is 348 g/mol. The first kappa shape index (κ1) is 16.7. The summed E-state index contributed by atoms with van der Waals surface area (Å²) in [5.41, 5.74) is 8.77. The van der Waals surface area contributed by atoms with Gasteiger partial charge in [-0.2, -0.15) is 0 Å². The van der Waals surface area contributed by atoms with E-state index in [1.165, 1.54) is 0 Å². The van der Waals surface area contributed by atoms with Gasteiger partial charge in [0.2, 0.25) is 5.91 Å². The molecule has 1 atom stereocenters. The number of fused-ring (bicyclic) bond motifs is 1. The molecule has 3 aromatic rings. The number of carbonyl (C=O) groups excluding carboxylic acids is 2. The Kier molecular flexibility index (Phi) is 4.16. The minimum absolute atomic E-state index is 0.151. The van der Waals surface area contributed by atoms with Crippen molar-refractivity contribution in [3.8, 4) is 11.1 Å². The summed E-state index contributed by atoms with van der Waals surface area (Å²) >= 11 is 1.57. The van der Waals surface area contributed by atoms with E-state index in [-0.39, 0.29) is 5.91 Å². The summed E-state index contributed by atoms with van der Waals surface area (Å²) in [7, 11) is 0. The lowest BCUT2D eigenvalue weighted by molar-refractivity contribution is -0.121. The number of pyridine rings is 1. The van der Waals surface area contributed by atoms with Gasteiger partial charge in [0.05, 0.1) is 5.01 Å². The molecule has 1 aliphatic rings. The molecule has 1 aliphatic heterocycles. The van der Waals surface area contributed by atoms with Crippen LogP contribution in [0.1, 0.15) is 28.2 Å². The van der Waals surface area contributed by atoms with E-state index in [0.29, 0.717) is 18.5 Å². The summed E-state index contributed by atoms with van der Waals surface area (Å²) in [6, 6.07) is 8.86. The number of thiazole rings is 1. The van der Waals surface area contributed by atoms with Gasteiger partial charge in [-0.1, -0.05) is 23.5 Å². The van der Waals surface area contributed by atoms with Crippen LogP contribution in [0.5, 0.6) is 0 Å². The number of benzene rings is 1. The molecule has 4 rings (SSSR count). The highest BCUT2D eigenvalue weighted by molar-refractivity contribution is 7.18. The second-order valence-electron chi connectivity index (χ2n) is 6.42. The molecule has 3 heterocycles. The Labute approximate surface area is 154 Å². The first-order valence-electron chi connectivity index (χ1n) is 8.47. The van der Waals surface area contributed by atoms with E-state index in [4.69, 9.17) is 5.73 Å². The second-order valence-corrected chi connectivity index (χ2v) is 7.60. The van der Waals surface area contributed by atoms with Gasteiger partial charge in [-0.15, -0.1) is 0 Å². The SMILES string of the molecule is Cc1nc2cc(-c3ccc(C(=O)N4CCC[C@H]4C(N)=O)cc3)cnc2s1. The van der Waals surface area contributed by atoms with Gasteiger partial charge < -0.3 is 10.6 Å². The summed E-state index contributed by atoms with van der Waals surface area (Å²) in [6.07, 6.45) is 3.26. The molecule has 2 N–H and O–H groups in total. The van der Waals surface area contributed by atoms with Gasteiger partial charge in [0.1, 0.15) is 16.4 Å². The number of hydrogen-bond acceptors (Lipinski definition) is 5. The Bertz CT molecular complexity index is 996. The minimum Gasteiger partial charge on any atom is -0.368 e. The van der Waals surface area contributed by atoms with Crippen LogP contribution in [0.15, 0.2) is 36.5 Å². The van der Waals surface area contributed by atoms with Gasteiger partial charge in [0.25, 0.3) is 5.91 Å². The van der Waals surface area contributed by atoms with Gasteiger partial charge in [-0.25, -0.2) is 9.97 Å². The summed E-state index contributed by atoms with van der Waals surface area (Å²) in [4.78, 5) is 35.6. The van der Waals surface area contributed by atoms with Crippen LogP contribution in [-0.2, 0) is 4.79 Å². The topological polar surface area (TPSA) is 89.2 Å². The fourth-order valence-corrected chi connectivity index (χ4v) is 4.10. The first-order valence-corrected chi connectivity index (χ1v) is 9.28. The Morgan fingerprint density at radius 3 is 2.73 bits per heavy atom. The summed E-state index contributed by atoms with van der Waals surface area (Å²) < 4.78 is 0. The fourth-order valence-electron chi connectivity index (χ4n) is 3.37. The highest BCUT2D eigenvalue weighted by Gasteiger charge is 2.33. The third-order valence-corrected chi connectivity index (χ3v) is 5.56. The average molecular weight is 366 g/mol. The molecule has 0 spiro atoms. The Balaban J connectivity index is 1.59. The van der Waals surface area contributed by atoms with Crippen LogP contribution in [0.3, 0.4) is 0 Å². The molecule has 26 heavy (non-hydrogen) atoms. The number of aryl methyl sites for hydroxylation is 1. The lowest BCUT2D eigenvalue weighted by atomic mass is 10.0. The van der Waals surface area contributed by atoms with Crippen LogP contribution in [0, 0.1) is 6.92 Å². The van der Waals surface area contributed by atoms with Gasteiger partial charge in [-0.05, 0) is 43.5 Å². The highest BCUT2D eigenvalue weighted by Crippen LogP contribution is 2.26. The first-order chi connectivity index (χ1) is 12.5. The van der Waals surface area contributed by atoms with Gasteiger partial charge in [0.15, 0.2) is 0 Å². The molecule has 0 unspecified atom stereocenters. The van der Waals surface area contributed by atoms with Crippen LogP contribution in [-0.4, -0.2) is 39.3 Å². The molecule has 7 heteroatoms. The molecule has 132 valence electrons. The molecule has 0 bridgehead atoms. The molecule has 1 aromatic carbocycles. The average Bonchev–Trinajstić information content (AvgIpc) is 3.26. The molecule has 2 amide bonds. The molecule has 6 nitrogen and oxygen atoms in total. The van der Waals surface area contributed by atoms with Crippen molar-refractivity contribution in [1.82, 2.24) is 14.9 Å². The lowest BCUT2D eigenvalue weighted by Crippen LogP contribution is -2.43. The van der Waals surface area contributed by atoms with Crippen LogP contribution >= 0.6 is 11.3 Å². The number of nitrogens with two attached hydrogens (primary N) is 1. The third-order valence-electron chi connectivity index (χ3n) is 4.66. The van der Waals surface area contributed by atoms with E-state index in [1.54, 1.807) is 28.4 Å². The molecule has 1 fully saturated rings. The van der Waals surface area contributed by atoms with Crippen molar-refractivity contribution < 1.29 is 9.59 Å². The number of hydrogen-bond donors (Lipinski definition) is 1. The smallest absolute Gasteiger partial charge is 0.254 e. The monoisotopic (exact) mass is 366 g/mol. The van der Waals surface area contributed by atoms with Crippen molar-refractivity contribution in [3.63, 3.8) is 0 Å². The molecule has 0 aliphatic carbocycles. The zero-order valence-corrected chi connectivity index (χ0v) is 15.1. The summed E-state index contributed by atoms with van der Waals surface area (Å²) in [5, 5.41) is 0.986. The van der Waals surface area contributed by atoms with Crippen molar-refractivity contribution in [1.29, 1.82) is 0 Å². The Morgan fingerprint density at radius 1 is 1.23 bits per heavy atom. The van der Waals surface area contributed by atoms with E-state index < -0.39 is 11.9 Å². The number of nitrogens with zero attached hydrogens (tertiary/aromatic N) is 3. The van der Waals surface area contributed by atoms with Crippen LogP contribution in [0.4, 0.5) is 0 Å². The maximum Gasteiger partial charge on any atom is 0.254 e. The van der Waals surface area contributed by atoms with E-state index in [0.717, 1.165) is 32.9 Å². The number of rotatable bonds is 3. The highest BCUT2D eigenvalue weighted by atomic mass is 32.1. The van der Waals surface area contributed by atoms with Crippen molar-refractivity contribution in [2.45, 2.75) is 25.8 Å². The Morgan fingerprint density at radius 2 is 2.00 bits per heavy atom. The number of primary amides is 1. The second kappa shape index (κ2) is 6.49. The summed E-state index contributed by atoms with van der Waals surface area (Å²) in [5.74, 6) is -0.591. The van der Waals surface area contributed by atoms with Gasteiger partial charge >= 0.3 is 0 Å². The van der Waals surface area contributed by atoms with Crippen molar-refractivity contribution >= 4 is 33.5 Å². The van der Waals surface area contributed by atoms with Crippen LogP contribution < -0.4 is 5.73 Å². The summed E-state index contributed by atoms with van der Waals surface area (Å²) in [6.45, 7) is 2.53. The predicted molar refractivity (Wildman–Crippen MR) is 101 cm³/mol. The largest absolute Gasteiger partial charge is 0.368 e. The Hall–Kier alpha value is -2.80.